The highest BCUT2D eigenvalue weighted by Crippen LogP contribution is 2.30. The molecule has 4 nitrogen and oxygen atoms in total. The standard InChI is InChI=1S/C23H14Cl2I2N2O2/c24-17-3-1-14(2-4-17)13-31-22-20(26)10-15(11-21(22)27)9-16(12-28)23(30)29-19-7-5-18(25)6-8-19/h1-11H,13H2,(H,29,30)/b16-9-. The quantitative estimate of drug-likeness (QED) is 0.169. The molecular weight excluding hydrogens is 661 g/mol. The Morgan fingerprint density at radius 3 is 2.10 bits per heavy atom. The number of amides is 1. The summed E-state index contributed by atoms with van der Waals surface area (Å²) in [5, 5.41) is 13.4. The van der Waals surface area contributed by atoms with Crippen LogP contribution in [-0.2, 0) is 11.4 Å². The first-order chi connectivity index (χ1) is 14.9. The van der Waals surface area contributed by atoms with Gasteiger partial charge in [0, 0.05) is 15.7 Å². The van der Waals surface area contributed by atoms with Crippen LogP contribution in [0.4, 0.5) is 5.69 Å². The number of halogens is 4. The van der Waals surface area contributed by atoms with Gasteiger partial charge in [0.2, 0.25) is 0 Å². The zero-order chi connectivity index (χ0) is 22.4. The van der Waals surface area contributed by atoms with E-state index in [1.807, 2.05) is 42.5 Å². The predicted octanol–water partition coefficient (Wildman–Crippen LogP) is 7.33. The van der Waals surface area contributed by atoms with Gasteiger partial charge in [0.05, 0.1) is 7.14 Å². The maximum atomic E-state index is 12.5. The van der Waals surface area contributed by atoms with Crippen molar-refractivity contribution in [1.82, 2.24) is 0 Å². The molecule has 0 aromatic heterocycles. The van der Waals surface area contributed by atoms with Gasteiger partial charge in [0.15, 0.2) is 0 Å². The van der Waals surface area contributed by atoms with Gasteiger partial charge in [-0.2, -0.15) is 5.26 Å². The minimum atomic E-state index is -0.488. The monoisotopic (exact) mass is 674 g/mol. The summed E-state index contributed by atoms with van der Waals surface area (Å²) in [5.74, 6) is 0.260. The van der Waals surface area contributed by atoms with Crippen LogP contribution in [0.2, 0.25) is 10.0 Å². The first kappa shape index (κ1) is 23.9. The lowest BCUT2D eigenvalue weighted by atomic mass is 10.1. The Kier molecular flexibility index (Phi) is 8.60. The lowest BCUT2D eigenvalue weighted by Crippen LogP contribution is -2.13. The number of hydrogen-bond donors (Lipinski definition) is 1. The molecule has 0 radical (unpaired) electrons. The number of carbonyl (C=O) groups is 1. The molecule has 0 saturated heterocycles. The highest BCUT2D eigenvalue weighted by Gasteiger charge is 2.13. The van der Waals surface area contributed by atoms with E-state index in [0.29, 0.717) is 22.3 Å². The Bertz CT molecular complexity index is 1150. The number of nitrogens with one attached hydrogen (secondary N) is 1. The summed E-state index contributed by atoms with van der Waals surface area (Å²) in [7, 11) is 0. The van der Waals surface area contributed by atoms with Gasteiger partial charge >= 0.3 is 0 Å². The molecular formula is C23H14Cl2I2N2O2. The van der Waals surface area contributed by atoms with E-state index in [-0.39, 0.29) is 5.57 Å². The number of hydrogen-bond acceptors (Lipinski definition) is 3. The van der Waals surface area contributed by atoms with E-state index in [1.54, 1.807) is 30.3 Å². The van der Waals surface area contributed by atoms with Gasteiger partial charge in [-0.05, 0) is 111 Å². The lowest BCUT2D eigenvalue weighted by molar-refractivity contribution is -0.112. The highest BCUT2D eigenvalue weighted by molar-refractivity contribution is 14.1. The van der Waals surface area contributed by atoms with Crippen LogP contribution in [0.1, 0.15) is 11.1 Å². The number of benzene rings is 3. The molecule has 0 aliphatic heterocycles. The topological polar surface area (TPSA) is 62.1 Å². The first-order valence-electron chi connectivity index (χ1n) is 8.90. The minimum absolute atomic E-state index is 0.00335. The van der Waals surface area contributed by atoms with E-state index < -0.39 is 5.91 Å². The van der Waals surface area contributed by atoms with Gasteiger partial charge in [-0.15, -0.1) is 0 Å². The highest BCUT2D eigenvalue weighted by atomic mass is 127. The minimum Gasteiger partial charge on any atom is -0.487 e. The van der Waals surface area contributed by atoms with E-state index >= 15 is 0 Å². The second-order valence-electron chi connectivity index (χ2n) is 6.36. The fourth-order valence-corrected chi connectivity index (χ4v) is 4.96. The Balaban J connectivity index is 1.76. The van der Waals surface area contributed by atoms with E-state index in [0.717, 1.165) is 24.0 Å². The second kappa shape index (κ2) is 11.2. The fraction of sp³-hybridized carbons (Fsp3) is 0.0435. The lowest BCUT2D eigenvalue weighted by Gasteiger charge is -2.12. The molecule has 0 unspecified atom stereocenters. The van der Waals surface area contributed by atoms with Crippen molar-refractivity contribution in [3.8, 4) is 11.8 Å². The summed E-state index contributed by atoms with van der Waals surface area (Å²) >= 11 is 16.1. The average molecular weight is 675 g/mol. The normalized spacial score (nSPS) is 11.0. The van der Waals surface area contributed by atoms with Gasteiger partial charge in [-0.1, -0.05) is 35.3 Å². The largest absolute Gasteiger partial charge is 0.487 e. The van der Waals surface area contributed by atoms with E-state index in [2.05, 4.69) is 50.5 Å². The van der Waals surface area contributed by atoms with E-state index in [9.17, 15) is 10.1 Å². The second-order valence-corrected chi connectivity index (χ2v) is 9.56. The number of rotatable bonds is 6. The smallest absolute Gasteiger partial charge is 0.266 e. The summed E-state index contributed by atoms with van der Waals surface area (Å²) in [6.45, 7) is 0.408. The van der Waals surface area contributed by atoms with Crippen molar-refractivity contribution in [3.05, 3.63) is 94.5 Å². The molecule has 0 aliphatic carbocycles. The number of anilines is 1. The molecule has 31 heavy (non-hydrogen) atoms. The number of nitrogens with zero attached hydrogens (tertiary/aromatic N) is 1. The summed E-state index contributed by atoms with van der Waals surface area (Å²) in [4.78, 5) is 12.5. The first-order valence-corrected chi connectivity index (χ1v) is 11.8. The molecule has 0 fully saturated rings. The molecule has 0 heterocycles. The molecule has 0 saturated carbocycles. The fourth-order valence-electron chi connectivity index (χ4n) is 2.58. The third-order valence-electron chi connectivity index (χ3n) is 4.10. The molecule has 3 aromatic rings. The van der Waals surface area contributed by atoms with Gasteiger partial charge in [-0.3, -0.25) is 4.79 Å². The van der Waals surface area contributed by atoms with Crippen LogP contribution in [-0.4, -0.2) is 5.91 Å². The predicted molar refractivity (Wildman–Crippen MR) is 141 cm³/mol. The summed E-state index contributed by atoms with van der Waals surface area (Å²) < 4.78 is 7.73. The van der Waals surface area contributed by atoms with Crippen LogP contribution in [0.5, 0.6) is 5.75 Å². The Morgan fingerprint density at radius 2 is 1.55 bits per heavy atom. The third kappa shape index (κ3) is 6.84. The van der Waals surface area contributed by atoms with Crippen molar-refractivity contribution >= 4 is 86.1 Å². The van der Waals surface area contributed by atoms with Crippen LogP contribution < -0.4 is 10.1 Å². The molecule has 0 aliphatic rings. The van der Waals surface area contributed by atoms with Crippen LogP contribution in [0.25, 0.3) is 6.08 Å². The summed E-state index contributed by atoms with van der Waals surface area (Å²) in [6, 6.07) is 19.9. The maximum Gasteiger partial charge on any atom is 0.266 e. The third-order valence-corrected chi connectivity index (χ3v) is 6.20. The van der Waals surface area contributed by atoms with Crippen molar-refractivity contribution in [3.63, 3.8) is 0 Å². The molecule has 0 spiro atoms. The molecule has 0 atom stereocenters. The Morgan fingerprint density at radius 1 is 1.00 bits per heavy atom. The van der Waals surface area contributed by atoms with Crippen molar-refractivity contribution in [2.45, 2.75) is 6.61 Å². The number of nitriles is 1. The zero-order valence-corrected chi connectivity index (χ0v) is 21.7. The summed E-state index contributed by atoms with van der Waals surface area (Å²) in [6.07, 6.45) is 1.55. The maximum absolute atomic E-state index is 12.5. The van der Waals surface area contributed by atoms with E-state index in [4.69, 9.17) is 27.9 Å². The van der Waals surface area contributed by atoms with Crippen LogP contribution in [0, 0.1) is 18.5 Å². The van der Waals surface area contributed by atoms with Crippen LogP contribution in [0.15, 0.2) is 66.2 Å². The molecule has 0 bridgehead atoms. The molecule has 1 amide bonds. The van der Waals surface area contributed by atoms with Crippen molar-refractivity contribution in [1.29, 1.82) is 5.26 Å². The zero-order valence-electron chi connectivity index (χ0n) is 15.8. The molecule has 1 N–H and O–H groups in total. The van der Waals surface area contributed by atoms with Crippen molar-refractivity contribution < 1.29 is 9.53 Å². The van der Waals surface area contributed by atoms with Crippen molar-refractivity contribution in [2.75, 3.05) is 5.32 Å². The van der Waals surface area contributed by atoms with Gasteiger partial charge < -0.3 is 10.1 Å². The van der Waals surface area contributed by atoms with Crippen molar-refractivity contribution in [2.24, 2.45) is 0 Å². The summed E-state index contributed by atoms with van der Waals surface area (Å²) in [5.41, 5.74) is 2.29. The van der Waals surface area contributed by atoms with E-state index in [1.165, 1.54) is 0 Å². The molecule has 156 valence electrons. The van der Waals surface area contributed by atoms with Crippen LogP contribution in [0.3, 0.4) is 0 Å². The van der Waals surface area contributed by atoms with Crippen LogP contribution >= 0.6 is 68.4 Å². The SMILES string of the molecule is N#C/C(=C/c1cc(I)c(OCc2ccc(Cl)cc2)c(I)c1)C(=O)Nc1ccc(Cl)cc1. The Hall–Kier alpha value is -1.80. The molecule has 3 rings (SSSR count). The number of ether oxygens (including phenoxy) is 1. The number of carbonyl (C=O) groups excluding carboxylic acids is 1. The Labute approximate surface area is 217 Å². The molecule has 3 aromatic carbocycles. The van der Waals surface area contributed by atoms with Gasteiger partial charge in [0.1, 0.15) is 24.0 Å². The average Bonchev–Trinajstić information content (AvgIpc) is 2.74. The molecule has 8 heteroatoms. The van der Waals surface area contributed by atoms with Gasteiger partial charge in [-0.25, -0.2) is 0 Å². The van der Waals surface area contributed by atoms with Gasteiger partial charge in [0.25, 0.3) is 5.91 Å².